The van der Waals surface area contributed by atoms with Crippen LogP contribution in [0.3, 0.4) is 0 Å². The molecule has 0 radical (unpaired) electrons. The number of hydrogen-bond donors (Lipinski definition) is 1. The highest BCUT2D eigenvalue weighted by Crippen LogP contribution is 2.30. The maximum absolute atomic E-state index is 11.0. The van der Waals surface area contributed by atoms with Gasteiger partial charge in [0.1, 0.15) is 5.69 Å². The van der Waals surface area contributed by atoms with Crippen LogP contribution in [0.15, 0.2) is 53.0 Å². The van der Waals surface area contributed by atoms with Crippen LogP contribution in [0.5, 0.6) is 0 Å². The van der Waals surface area contributed by atoms with Crippen molar-refractivity contribution in [3.8, 4) is 0 Å². The molecule has 0 aliphatic carbocycles. The van der Waals surface area contributed by atoms with Gasteiger partial charge in [0.25, 0.3) is 5.69 Å². The predicted octanol–water partition coefficient (Wildman–Crippen LogP) is 4.53. The standard InChI is InChI=1S/C14H13BrN2O2/c1-10(11-6-2-3-7-12(11)15)16-13-8-4-5-9-14(13)17(18)19/h2-10,16H,1H3. The molecule has 2 aromatic rings. The molecule has 0 bridgehead atoms. The smallest absolute Gasteiger partial charge is 0.292 e. The summed E-state index contributed by atoms with van der Waals surface area (Å²) in [4.78, 5) is 10.6. The second-order valence-electron chi connectivity index (χ2n) is 4.16. The summed E-state index contributed by atoms with van der Waals surface area (Å²) in [6.07, 6.45) is 0. The number of hydrogen-bond acceptors (Lipinski definition) is 3. The number of halogens is 1. The molecule has 4 nitrogen and oxygen atoms in total. The Balaban J connectivity index is 2.27. The van der Waals surface area contributed by atoms with Gasteiger partial charge in [-0.05, 0) is 24.6 Å². The summed E-state index contributed by atoms with van der Waals surface area (Å²) in [5.74, 6) is 0. The number of para-hydroxylation sites is 2. The van der Waals surface area contributed by atoms with E-state index in [1.807, 2.05) is 31.2 Å². The molecule has 0 heterocycles. The largest absolute Gasteiger partial charge is 0.373 e. The zero-order valence-electron chi connectivity index (χ0n) is 10.3. The molecule has 0 fully saturated rings. The Hall–Kier alpha value is -1.88. The molecule has 0 amide bonds. The van der Waals surface area contributed by atoms with E-state index < -0.39 is 0 Å². The molecule has 2 rings (SSSR count). The summed E-state index contributed by atoms with van der Waals surface area (Å²) < 4.78 is 0.980. The van der Waals surface area contributed by atoms with Gasteiger partial charge >= 0.3 is 0 Å². The minimum absolute atomic E-state index is 0.0309. The Labute approximate surface area is 119 Å². The number of benzene rings is 2. The highest BCUT2D eigenvalue weighted by atomic mass is 79.9. The second-order valence-corrected chi connectivity index (χ2v) is 5.02. The van der Waals surface area contributed by atoms with Gasteiger partial charge in [0, 0.05) is 16.6 Å². The van der Waals surface area contributed by atoms with Crippen LogP contribution in [0.2, 0.25) is 0 Å². The number of nitrogens with zero attached hydrogens (tertiary/aromatic N) is 1. The van der Waals surface area contributed by atoms with E-state index in [2.05, 4.69) is 21.2 Å². The van der Waals surface area contributed by atoms with Crippen molar-refractivity contribution in [3.05, 3.63) is 68.7 Å². The molecule has 0 aromatic heterocycles. The molecule has 1 N–H and O–H groups in total. The van der Waals surface area contributed by atoms with Gasteiger partial charge in [0.15, 0.2) is 0 Å². The topological polar surface area (TPSA) is 55.2 Å². The zero-order chi connectivity index (χ0) is 13.8. The van der Waals surface area contributed by atoms with Crippen molar-refractivity contribution in [1.82, 2.24) is 0 Å². The molecule has 98 valence electrons. The molecule has 1 unspecified atom stereocenters. The number of anilines is 1. The van der Waals surface area contributed by atoms with Crippen molar-refractivity contribution in [3.63, 3.8) is 0 Å². The number of rotatable bonds is 4. The van der Waals surface area contributed by atoms with Gasteiger partial charge in [0.2, 0.25) is 0 Å². The fraction of sp³-hybridized carbons (Fsp3) is 0.143. The summed E-state index contributed by atoms with van der Waals surface area (Å²) in [5, 5.41) is 14.1. The first-order valence-electron chi connectivity index (χ1n) is 5.84. The lowest BCUT2D eigenvalue weighted by Crippen LogP contribution is -2.08. The molecule has 0 aliphatic heterocycles. The van der Waals surface area contributed by atoms with Crippen LogP contribution in [0, 0.1) is 10.1 Å². The van der Waals surface area contributed by atoms with E-state index in [9.17, 15) is 10.1 Å². The highest BCUT2D eigenvalue weighted by Gasteiger charge is 2.15. The van der Waals surface area contributed by atoms with Crippen LogP contribution >= 0.6 is 15.9 Å². The van der Waals surface area contributed by atoms with E-state index >= 15 is 0 Å². The Morgan fingerprint density at radius 2 is 1.79 bits per heavy atom. The van der Waals surface area contributed by atoms with Crippen LogP contribution < -0.4 is 5.32 Å². The minimum atomic E-state index is -0.380. The average Bonchev–Trinajstić information content (AvgIpc) is 2.39. The van der Waals surface area contributed by atoms with Crippen molar-refractivity contribution in [2.75, 3.05) is 5.32 Å². The van der Waals surface area contributed by atoms with Crippen LogP contribution in [0.1, 0.15) is 18.5 Å². The number of nitrogens with one attached hydrogen (secondary N) is 1. The predicted molar refractivity (Wildman–Crippen MR) is 79.3 cm³/mol. The molecule has 19 heavy (non-hydrogen) atoms. The van der Waals surface area contributed by atoms with Crippen molar-refractivity contribution in [1.29, 1.82) is 0 Å². The number of nitro benzene ring substituents is 1. The summed E-state index contributed by atoms with van der Waals surface area (Å²) in [6, 6.07) is 14.4. The summed E-state index contributed by atoms with van der Waals surface area (Å²) in [6.45, 7) is 1.97. The first kappa shape index (κ1) is 13.5. The van der Waals surface area contributed by atoms with Gasteiger partial charge in [0.05, 0.1) is 4.92 Å². The van der Waals surface area contributed by atoms with E-state index in [0.717, 1.165) is 10.0 Å². The molecular formula is C14H13BrN2O2. The van der Waals surface area contributed by atoms with E-state index in [0.29, 0.717) is 5.69 Å². The molecule has 1 atom stereocenters. The van der Waals surface area contributed by atoms with Crippen LogP contribution in [-0.2, 0) is 0 Å². The van der Waals surface area contributed by atoms with Crippen LogP contribution in [0.4, 0.5) is 11.4 Å². The van der Waals surface area contributed by atoms with Gasteiger partial charge in [-0.2, -0.15) is 0 Å². The molecule has 2 aromatic carbocycles. The van der Waals surface area contributed by atoms with E-state index in [-0.39, 0.29) is 16.7 Å². The third kappa shape index (κ3) is 3.12. The lowest BCUT2D eigenvalue weighted by molar-refractivity contribution is -0.384. The Morgan fingerprint density at radius 3 is 2.47 bits per heavy atom. The molecule has 0 aliphatic rings. The Kier molecular flexibility index (Phi) is 4.16. The van der Waals surface area contributed by atoms with Crippen molar-refractivity contribution in [2.24, 2.45) is 0 Å². The van der Waals surface area contributed by atoms with Gasteiger partial charge in [-0.1, -0.05) is 46.3 Å². The fourth-order valence-corrected chi connectivity index (χ4v) is 2.52. The van der Waals surface area contributed by atoms with Crippen molar-refractivity contribution in [2.45, 2.75) is 13.0 Å². The van der Waals surface area contributed by atoms with Crippen LogP contribution in [-0.4, -0.2) is 4.92 Å². The highest BCUT2D eigenvalue weighted by molar-refractivity contribution is 9.10. The SMILES string of the molecule is CC(Nc1ccccc1[N+](=O)[O-])c1ccccc1Br. The summed E-state index contributed by atoms with van der Waals surface area (Å²) >= 11 is 3.48. The lowest BCUT2D eigenvalue weighted by atomic mass is 10.1. The monoisotopic (exact) mass is 320 g/mol. The zero-order valence-corrected chi connectivity index (χ0v) is 11.9. The normalized spacial score (nSPS) is 11.9. The molecule has 5 heteroatoms. The summed E-state index contributed by atoms with van der Waals surface area (Å²) in [5.41, 5.74) is 1.66. The van der Waals surface area contributed by atoms with E-state index in [4.69, 9.17) is 0 Å². The first-order valence-corrected chi connectivity index (χ1v) is 6.63. The van der Waals surface area contributed by atoms with Gasteiger partial charge in [-0.25, -0.2) is 0 Å². The maximum atomic E-state index is 11.0. The van der Waals surface area contributed by atoms with Gasteiger partial charge < -0.3 is 5.32 Å². The first-order chi connectivity index (χ1) is 9.09. The van der Waals surface area contributed by atoms with E-state index in [1.54, 1.807) is 18.2 Å². The lowest BCUT2D eigenvalue weighted by Gasteiger charge is -2.17. The quantitative estimate of drug-likeness (QED) is 0.665. The van der Waals surface area contributed by atoms with E-state index in [1.165, 1.54) is 6.07 Å². The minimum Gasteiger partial charge on any atom is -0.373 e. The Morgan fingerprint density at radius 1 is 1.16 bits per heavy atom. The third-order valence-corrected chi connectivity index (χ3v) is 3.57. The number of nitro groups is 1. The van der Waals surface area contributed by atoms with Crippen molar-refractivity contribution < 1.29 is 4.92 Å². The molecule has 0 saturated heterocycles. The van der Waals surface area contributed by atoms with Crippen molar-refractivity contribution >= 4 is 27.3 Å². The van der Waals surface area contributed by atoms with Gasteiger partial charge in [-0.15, -0.1) is 0 Å². The van der Waals surface area contributed by atoms with Gasteiger partial charge in [-0.3, -0.25) is 10.1 Å². The summed E-state index contributed by atoms with van der Waals surface area (Å²) in [7, 11) is 0. The fourth-order valence-electron chi connectivity index (χ4n) is 1.89. The average molecular weight is 321 g/mol. The maximum Gasteiger partial charge on any atom is 0.292 e. The molecule has 0 spiro atoms. The Bertz CT molecular complexity index is 602. The molecular weight excluding hydrogens is 308 g/mol. The van der Waals surface area contributed by atoms with Crippen LogP contribution in [0.25, 0.3) is 0 Å². The third-order valence-electron chi connectivity index (χ3n) is 2.84. The second kappa shape index (κ2) is 5.84. The molecule has 0 saturated carbocycles.